The van der Waals surface area contributed by atoms with Crippen molar-refractivity contribution >= 4 is 15.9 Å². The van der Waals surface area contributed by atoms with Gasteiger partial charge in [0.05, 0.1) is 29.0 Å². The highest BCUT2D eigenvalue weighted by Gasteiger charge is 2.44. The Labute approximate surface area is 234 Å². The van der Waals surface area contributed by atoms with E-state index in [0.29, 0.717) is 25.5 Å². The van der Waals surface area contributed by atoms with E-state index < -0.39 is 57.2 Å². The van der Waals surface area contributed by atoms with E-state index in [2.05, 4.69) is 10.6 Å². The van der Waals surface area contributed by atoms with Gasteiger partial charge < -0.3 is 15.4 Å². The number of alkyl halides is 6. The Morgan fingerprint density at radius 3 is 2.49 bits per heavy atom. The lowest BCUT2D eigenvalue weighted by Crippen LogP contribution is -2.48. The Hall–Kier alpha value is -2.68. The number of hydrogen-bond acceptors (Lipinski definition) is 5. The van der Waals surface area contributed by atoms with Gasteiger partial charge in [-0.3, -0.25) is 4.79 Å². The van der Waals surface area contributed by atoms with Gasteiger partial charge in [0.2, 0.25) is 15.9 Å². The molecule has 2 aliphatic rings. The van der Waals surface area contributed by atoms with Crippen molar-refractivity contribution in [1.29, 1.82) is 0 Å². The Balaban J connectivity index is 1.40. The number of halogens is 6. The zero-order valence-electron chi connectivity index (χ0n) is 21.9. The number of benzene rings is 2. The van der Waals surface area contributed by atoms with Crippen molar-refractivity contribution in [3.63, 3.8) is 0 Å². The van der Waals surface area contributed by atoms with E-state index in [4.69, 9.17) is 4.74 Å². The number of rotatable bonds is 10. The summed E-state index contributed by atoms with van der Waals surface area (Å²) in [4.78, 5) is 11.7. The van der Waals surface area contributed by atoms with Gasteiger partial charge in [0, 0.05) is 19.7 Å². The molecule has 0 saturated carbocycles. The molecule has 1 saturated heterocycles. The molecule has 1 aliphatic carbocycles. The first-order valence-electron chi connectivity index (χ1n) is 13.2. The van der Waals surface area contributed by atoms with Gasteiger partial charge in [-0.1, -0.05) is 24.3 Å². The zero-order valence-corrected chi connectivity index (χ0v) is 22.8. The lowest BCUT2D eigenvalue weighted by molar-refractivity contribution is -0.158. The fourth-order valence-electron chi connectivity index (χ4n) is 5.07. The fourth-order valence-corrected chi connectivity index (χ4v) is 6.34. The number of fused-ring (bicyclic) bond motifs is 1. The van der Waals surface area contributed by atoms with Crippen LogP contribution in [0.2, 0.25) is 0 Å². The molecule has 0 bridgehead atoms. The predicted molar refractivity (Wildman–Crippen MR) is 137 cm³/mol. The van der Waals surface area contributed by atoms with Crippen LogP contribution in [-0.4, -0.2) is 45.8 Å². The van der Waals surface area contributed by atoms with E-state index in [1.807, 2.05) is 18.2 Å². The third-order valence-corrected chi connectivity index (χ3v) is 8.61. The summed E-state index contributed by atoms with van der Waals surface area (Å²) in [7, 11) is -5.03. The molecule has 0 spiro atoms. The second-order valence-electron chi connectivity index (χ2n) is 10.3. The van der Waals surface area contributed by atoms with Crippen LogP contribution in [0.25, 0.3) is 0 Å². The SMILES string of the molecule is O=C(C[C@H](NS(=O)(=O)c1cccc(C(F)(F)F)c1)C(F)(F)F)N[C@@H]1CCCc2cc(CNC[C@@H]3CCCO3)ccc21. The maximum atomic E-state index is 13.8. The van der Waals surface area contributed by atoms with Crippen LogP contribution < -0.4 is 15.4 Å². The monoisotopic (exact) mass is 607 g/mol. The zero-order chi connectivity index (χ0) is 29.8. The molecule has 7 nitrogen and oxygen atoms in total. The molecule has 3 atom stereocenters. The quantitative estimate of drug-likeness (QED) is 0.339. The second-order valence-corrected chi connectivity index (χ2v) is 12.0. The lowest BCUT2D eigenvalue weighted by Gasteiger charge is -2.28. The summed E-state index contributed by atoms with van der Waals surface area (Å²) in [5.41, 5.74) is 1.44. The number of hydrogen-bond donors (Lipinski definition) is 3. The molecular weight excluding hydrogens is 576 g/mol. The minimum atomic E-state index is -5.18. The van der Waals surface area contributed by atoms with Gasteiger partial charge in [-0.05, 0) is 67.0 Å². The number of nitrogens with one attached hydrogen (secondary N) is 3. The highest BCUT2D eigenvalue weighted by molar-refractivity contribution is 7.89. The number of ether oxygens (including phenoxy) is 1. The smallest absolute Gasteiger partial charge is 0.377 e. The van der Waals surface area contributed by atoms with Crippen LogP contribution in [0, 0.1) is 0 Å². The number of amides is 1. The van der Waals surface area contributed by atoms with Crippen LogP contribution in [0.1, 0.15) is 60.4 Å². The van der Waals surface area contributed by atoms with Gasteiger partial charge >= 0.3 is 12.4 Å². The second kappa shape index (κ2) is 12.7. The van der Waals surface area contributed by atoms with Crippen molar-refractivity contribution in [3.05, 3.63) is 64.7 Å². The minimum Gasteiger partial charge on any atom is -0.377 e. The minimum absolute atomic E-state index is 0.197. The van der Waals surface area contributed by atoms with Crippen LogP contribution >= 0.6 is 0 Å². The maximum absolute atomic E-state index is 13.8. The molecule has 2 aromatic carbocycles. The van der Waals surface area contributed by atoms with E-state index >= 15 is 0 Å². The standard InChI is InChI=1S/C27H31F6N3O4S/c28-26(29,30)19-5-2-7-21(13-19)41(38,39)36-24(27(31,32)33)14-25(37)35-23-8-1-4-18-12-17(9-10-22(18)23)15-34-16-20-6-3-11-40-20/h2,5,7,9-10,12-13,20,23-24,34,36H,1,3-4,6,8,11,14-16H2,(H,35,37)/t20-,23+,24-/m0/s1. The van der Waals surface area contributed by atoms with Crippen molar-refractivity contribution in [3.8, 4) is 0 Å². The average molecular weight is 608 g/mol. The van der Waals surface area contributed by atoms with Crippen LogP contribution in [-0.2, 0) is 38.7 Å². The third-order valence-electron chi connectivity index (χ3n) is 7.14. The predicted octanol–water partition coefficient (Wildman–Crippen LogP) is 4.77. The summed E-state index contributed by atoms with van der Waals surface area (Å²) >= 11 is 0. The van der Waals surface area contributed by atoms with Crippen molar-refractivity contribution in [2.45, 2.75) is 80.5 Å². The van der Waals surface area contributed by atoms with Crippen LogP contribution in [0.5, 0.6) is 0 Å². The highest BCUT2D eigenvalue weighted by atomic mass is 32.2. The molecule has 1 amide bonds. The lowest BCUT2D eigenvalue weighted by atomic mass is 9.86. The molecule has 1 fully saturated rings. The van der Waals surface area contributed by atoms with Crippen LogP contribution in [0.15, 0.2) is 47.4 Å². The number of carbonyl (C=O) groups excluding carboxylic acids is 1. The summed E-state index contributed by atoms with van der Waals surface area (Å²) in [5, 5.41) is 5.93. The Morgan fingerprint density at radius 2 is 1.80 bits per heavy atom. The maximum Gasteiger partial charge on any atom is 0.416 e. The van der Waals surface area contributed by atoms with E-state index in [-0.39, 0.29) is 12.2 Å². The van der Waals surface area contributed by atoms with Gasteiger partial charge in [0.1, 0.15) is 6.04 Å². The number of sulfonamides is 1. The summed E-state index contributed by atoms with van der Waals surface area (Å²) < 4.78 is 112. The summed E-state index contributed by atoms with van der Waals surface area (Å²) in [6.07, 6.45) is -7.18. The topological polar surface area (TPSA) is 96.5 Å². The Morgan fingerprint density at radius 1 is 1.02 bits per heavy atom. The molecule has 0 aromatic heterocycles. The first-order chi connectivity index (χ1) is 19.2. The van der Waals surface area contributed by atoms with Crippen molar-refractivity contribution < 1.29 is 44.3 Å². The number of carbonyl (C=O) groups is 1. The first-order valence-corrected chi connectivity index (χ1v) is 14.7. The van der Waals surface area contributed by atoms with Crippen LogP contribution in [0.4, 0.5) is 26.3 Å². The van der Waals surface area contributed by atoms with Gasteiger partial charge in [-0.2, -0.15) is 31.1 Å². The molecule has 41 heavy (non-hydrogen) atoms. The molecule has 4 rings (SSSR count). The summed E-state index contributed by atoms with van der Waals surface area (Å²) in [6.45, 7) is 2.11. The molecule has 226 valence electrons. The van der Waals surface area contributed by atoms with Gasteiger partial charge in [-0.25, -0.2) is 8.42 Å². The molecule has 2 aromatic rings. The molecule has 0 radical (unpaired) electrons. The van der Waals surface area contributed by atoms with Gasteiger partial charge in [0.25, 0.3) is 0 Å². The van der Waals surface area contributed by atoms with Gasteiger partial charge in [-0.15, -0.1) is 0 Å². The number of aryl methyl sites for hydroxylation is 1. The van der Waals surface area contributed by atoms with E-state index in [1.54, 1.807) is 0 Å². The Bertz CT molecular complexity index is 1330. The normalized spacial score (nSPS) is 20.4. The summed E-state index contributed by atoms with van der Waals surface area (Å²) in [6, 6.07) is 4.67. The molecule has 3 N–H and O–H groups in total. The fraction of sp³-hybridized carbons (Fsp3) is 0.519. The van der Waals surface area contributed by atoms with E-state index in [1.165, 1.54) is 4.72 Å². The van der Waals surface area contributed by atoms with Crippen molar-refractivity contribution in [2.24, 2.45) is 0 Å². The van der Waals surface area contributed by atoms with Gasteiger partial charge in [0.15, 0.2) is 0 Å². The molecular formula is C27H31F6N3O4S. The summed E-state index contributed by atoms with van der Waals surface area (Å²) in [5.74, 6) is -1.04. The van der Waals surface area contributed by atoms with Crippen molar-refractivity contribution in [1.82, 2.24) is 15.4 Å². The largest absolute Gasteiger partial charge is 0.416 e. The highest BCUT2D eigenvalue weighted by Crippen LogP contribution is 2.33. The van der Waals surface area contributed by atoms with E-state index in [9.17, 15) is 39.6 Å². The third kappa shape index (κ3) is 8.43. The molecule has 1 heterocycles. The average Bonchev–Trinajstić information content (AvgIpc) is 3.41. The molecule has 1 aliphatic heterocycles. The molecule has 0 unspecified atom stereocenters. The van der Waals surface area contributed by atoms with Crippen molar-refractivity contribution in [2.75, 3.05) is 13.2 Å². The molecule has 14 heteroatoms. The Kier molecular flexibility index (Phi) is 9.66. The van der Waals surface area contributed by atoms with Crippen LogP contribution in [0.3, 0.4) is 0 Å². The first kappa shape index (κ1) is 31.3. The van der Waals surface area contributed by atoms with E-state index in [0.717, 1.165) is 61.2 Å².